The van der Waals surface area contributed by atoms with Crippen molar-refractivity contribution in [2.24, 2.45) is 0 Å². The van der Waals surface area contributed by atoms with Gasteiger partial charge in [-0.1, -0.05) is 85.1 Å². The van der Waals surface area contributed by atoms with Crippen molar-refractivity contribution >= 4 is 39.1 Å². The Kier molecular flexibility index (Phi) is 11.7. The third kappa shape index (κ3) is 8.97. The predicted molar refractivity (Wildman–Crippen MR) is 185 cm³/mol. The first kappa shape index (κ1) is 36.7. The van der Waals surface area contributed by atoms with E-state index in [2.05, 4.69) is 5.32 Å². The molecule has 264 valence electrons. The Balaban J connectivity index is 1.61. The summed E-state index contributed by atoms with van der Waals surface area (Å²) < 4.78 is 76.3. The van der Waals surface area contributed by atoms with Gasteiger partial charge in [-0.15, -0.1) is 0 Å². The Hall–Kier alpha value is -4.55. The zero-order chi connectivity index (χ0) is 35.9. The molecule has 1 aliphatic rings. The van der Waals surface area contributed by atoms with E-state index in [1.54, 1.807) is 30.3 Å². The van der Waals surface area contributed by atoms with Crippen LogP contribution in [-0.4, -0.2) is 50.9 Å². The number of alkyl halides is 3. The highest BCUT2D eigenvalue weighted by Crippen LogP contribution is 2.38. The summed E-state index contributed by atoms with van der Waals surface area (Å²) in [6, 6.07) is 24.5. The van der Waals surface area contributed by atoms with Gasteiger partial charge in [0.15, 0.2) is 0 Å². The van der Waals surface area contributed by atoms with Crippen LogP contribution in [0.5, 0.6) is 5.75 Å². The van der Waals surface area contributed by atoms with Gasteiger partial charge in [0.2, 0.25) is 11.8 Å². The second kappa shape index (κ2) is 16.0. The van der Waals surface area contributed by atoms with Crippen LogP contribution < -0.4 is 14.4 Å². The normalized spacial score (nSPS) is 14.2. The number of hydrogen-bond acceptors (Lipinski definition) is 5. The highest BCUT2D eigenvalue weighted by molar-refractivity contribution is 7.92. The third-order valence-corrected chi connectivity index (χ3v) is 10.7. The van der Waals surface area contributed by atoms with Crippen LogP contribution in [0.25, 0.3) is 0 Å². The van der Waals surface area contributed by atoms with Gasteiger partial charge in [0.05, 0.1) is 28.3 Å². The quantitative estimate of drug-likeness (QED) is 0.157. The first-order chi connectivity index (χ1) is 23.9. The number of carbonyl (C=O) groups is 2. The smallest absolute Gasteiger partial charge is 0.417 e. The molecule has 50 heavy (non-hydrogen) atoms. The summed E-state index contributed by atoms with van der Waals surface area (Å²) in [4.78, 5) is 29.8. The lowest BCUT2D eigenvalue weighted by Crippen LogP contribution is -2.54. The lowest BCUT2D eigenvalue weighted by molar-refractivity contribution is -0.140. The number of benzene rings is 4. The fraction of sp³-hybridized carbons (Fsp3) is 0.297. The topological polar surface area (TPSA) is 96.0 Å². The molecule has 0 bridgehead atoms. The number of hydrogen-bond donors (Lipinski definition) is 1. The van der Waals surface area contributed by atoms with Crippen LogP contribution in [0.1, 0.15) is 42.4 Å². The number of nitrogens with zero attached hydrogens (tertiary/aromatic N) is 2. The number of amides is 2. The van der Waals surface area contributed by atoms with Gasteiger partial charge in [0.25, 0.3) is 10.0 Å². The molecule has 0 radical (unpaired) electrons. The van der Waals surface area contributed by atoms with Crippen LogP contribution in [-0.2, 0) is 38.8 Å². The maximum atomic E-state index is 14.6. The standard InChI is InChI=1S/C37H37ClF3N3O5S/c1-49-30-16-10-13-27(21-30)24-43(34(22-26-11-4-2-5-12-26)36(46)42-28-14-8-9-15-28)35(45)25-44(50(47,48)31-17-6-3-7-18-31)29-19-20-33(38)32(23-29)37(39,40)41/h2-7,10-13,16-21,23,28,34H,8-9,14-15,22,24-25H2,1H3,(H,42,46). The molecule has 0 aromatic heterocycles. The molecule has 1 fully saturated rings. The number of methoxy groups -OCH3 is 1. The van der Waals surface area contributed by atoms with Crippen molar-refractivity contribution < 1.29 is 35.9 Å². The monoisotopic (exact) mass is 727 g/mol. The lowest BCUT2D eigenvalue weighted by Gasteiger charge is -2.34. The summed E-state index contributed by atoms with van der Waals surface area (Å²) in [5.74, 6) is -0.724. The number of nitrogens with one attached hydrogen (secondary N) is 1. The number of ether oxygens (including phenoxy) is 1. The van der Waals surface area contributed by atoms with E-state index in [-0.39, 0.29) is 23.9 Å². The van der Waals surface area contributed by atoms with Crippen LogP contribution in [0.2, 0.25) is 5.02 Å². The van der Waals surface area contributed by atoms with Gasteiger partial charge < -0.3 is 15.0 Å². The molecule has 2 amide bonds. The van der Waals surface area contributed by atoms with E-state index in [0.29, 0.717) is 21.7 Å². The SMILES string of the molecule is COc1cccc(CN(C(=O)CN(c2ccc(Cl)c(C(F)(F)F)c2)S(=O)(=O)c2ccccc2)C(Cc2ccccc2)C(=O)NC2CCCC2)c1. The van der Waals surface area contributed by atoms with Gasteiger partial charge in [0.1, 0.15) is 18.3 Å². The zero-order valence-electron chi connectivity index (χ0n) is 27.3. The Bertz CT molecular complexity index is 1890. The van der Waals surface area contributed by atoms with E-state index < -0.39 is 56.9 Å². The number of sulfonamides is 1. The Morgan fingerprint density at radius 1 is 0.900 bits per heavy atom. The van der Waals surface area contributed by atoms with E-state index in [0.717, 1.165) is 43.4 Å². The molecule has 1 atom stereocenters. The second-order valence-corrected chi connectivity index (χ2v) is 14.3. The van der Waals surface area contributed by atoms with Gasteiger partial charge in [-0.2, -0.15) is 13.2 Å². The second-order valence-electron chi connectivity index (χ2n) is 12.1. The molecule has 5 rings (SSSR count). The minimum absolute atomic E-state index is 0.0839. The fourth-order valence-corrected chi connectivity index (χ4v) is 7.67. The largest absolute Gasteiger partial charge is 0.497 e. The molecule has 1 aliphatic carbocycles. The molecule has 0 aliphatic heterocycles. The summed E-state index contributed by atoms with van der Waals surface area (Å²) in [7, 11) is -3.12. The van der Waals surface area contributed by atoms with E-state index in [9.17, 15) is 31.2 Å². The maximum Gasteiger partial charge on any atom is 0.417 e. The molecule has 0 heterocycles. The summed E-state index contributed by atoms with van der Waals surface area (Å²) in [5.41, 5.74) is -0.338. The molecule has 4 aromatic carbocycles. The van der Waals surface area contributed by atoms with Gasteiger partial charge in [-0.25, -0.2) is 8.42 Å². The van der Waals surface area contributed by atoms with E-state index in [1.807, 2.05) is 30.3 Å². The molecule has 13 heteroatoms. The predicted octanol–water partition coefficient (Wildman–Crippen LogP) is 7.26. The number of carbonyl (C=O) groups excluding carboxylic acids is 2. The van der Waals surface area contributed by atoms with Crippen molar-refractivity contribution in [3.63, 3.8) is 0 Å². The lowest BCUT2D eigenvalue weighted by atomic mass is 10.0. The average molecular weight is 728 g/mol. The van der Waals surface area contributed by atoms with E-state index >= 15 is 0 Å². The first-order valence-electron chi connectivity index (χ1n) is 16.1. The van der Waals surface area contributed by atoms with Crippen LogP contribution >= 0.6 is 11.6 Å². The summed E-state index contributed by atoms with van der Waals surface area (Å²) in [6.07, 6.45) is -1.33. The number of halogens is 4. The van der Waals surface area contributed by atoms with Crippen LogP contribution in [0.4, 0.5) is 18.9 Å². The van der Waals surface area contributed by atoms with Crippen LogP contribution in [0.3, 0.4) is 0 Å². The highest BCUT2D eigenvalue weighted by Gasteiger charge is 2.38. The summed E-state index contributed by atoms with van der Waals surface area (Å²) >= 11 is 5.89. The number of rotatable bonds is 13. The van der Waals surface area contributed by atoms with Crippen molar-refractivity contribution in [3.8, 4) is 5.75 Å². The minimum atomic E-state index is -4.91. The molecule has 1 unspecified atom stereocenters. The average Bonchev–Trinajstić information content (AvgIpc) is 3.62. The van der Waals surface area contributed by atoms with E-state index in [4.69, 9.17) is 16.3 Å². The van der Waals surface area contributed by atoms with E-state index in [1.165, 1.54) is 36.3 Å². The highest BCUT2D eigenvalue weighted by atomic mass is 35.5. The van der Waals surface area contributed by atoms with Gasteiger partial charge in [-0.3, -0.25) is 13.9 Å². The molecule has 4 aromatic rings. The zero-order valence-corrected chi connectivity index (χ0v) is 28.8. The van der Waals surface area contributed by atoms with Gasteiger partial charge in [-0.05, 0) is 66.4 Å². The molecule has 1 saturated carbocycles. The fourth-order valence-electron chi connectivity index (χ4n) is 6.02. The Labute approximate surface area is 294 Å². The molecular weight excluding hydrogens is 691 g/mol. The molecule has 1 N–H and O–H groups in total. The van der Waals surface area contributed by atoms with Crippen LogP contribution in [0, 0.1) is 0 Å². The molecule has 0 spiro atoms. The van der Waals surface area contributed by atoms with Crippen molar-refractivity contribution in [2.45, 2.75) is 61.8 Å². The maximum absolute atomic E-state index is 14.6. The minimum Gasteiger partial charge on any atom is -0.497 e. The molecule has 8 nitrogen and oxygen atoms in total. The van der Waals surface area contributed by atoms with Gasteiger partial charge in [0, 0.05) is 19.0 Å². The molecular formula is C37H37ClF3N3O5S. The van der Waals surface area contributed by atoms with Crippen molar-refractivity contribution in [1.82, 2.24) is 10.2 Å². The Morgan fingerprint density at radius 2 is 1.54 bits per heavy atom. The van der Waals surface area contributed by atoms with Crippen molar-refractivity contribution in [1.29, 1.82) is 0 Å². The molecule has 0 saturated heterocycles. The van der Waals surface area contributed by atoms with Gasteiger partial charge >= 0.3 is 6.18 Å². The first-order valence-corrected chi connectivity index (χ1v) is 17.9. The Morgan fingerprint density at radius 3 is 2.18 bits per heavy atom. The third-order valence-electron chi connectivity index (χ3n) is 8.61. The van der Waals surface area contributed by atoms with Crippen molar-refractivity contribution in [3.05, 3.63) is 125 Å². The van der Waals surface area contributed by atoms with Crippen molar-refractivity contribution in [2.75, 3.05) is 18.0 Å². The number of anilines is 1. The summed E-state index contributed by atoms with van der Waals surface area (Å²) in [5, 5.41) is 2.46. The van der Waals surface area contributed by atoms with Crippen LogP contribution in [0.15, 0.2) is 108 Å². The summed E-state index contributed by atoms with van der Waals surface area (Å²) in [6.45, 7) is -1.04.